The number of esters is 2. The summed E-state index contributed by atoms with van der Waals surface area (Å²) in [7, 11) is 0. The fourth-order valence-corrected chi connectivity index (χ4v) is 1.92. The Balaban J connectivity index is 1.83. The summed E-state index contributed by atoms with van der Waals surface area (Å²) in [6.45, 7) is 3.36. The third kappa shape index (κ3) is 4.45. The molecule has 4 nitrogen and oxygen atoms in total. The van der Waals surface area contributed by atoms with E-state index in [1.54, 1.807) is 0 Å². The van der Waals surface area contributed by atoms with Gasteiger partial charge in [0.25, 0.3) is 0 Å². The first-order valence-corrected chi connectivity index (χ1v) is 6.61. The lowest BCUT2D eigenvalue weighted by molar-refractivity contribution is -0.149. The quantitative estimate of drug-likeness (QED) is 0.465. The highest BCUT2D eigenvalue weighted by atomic mass is 16.6. The highest BCUT2D eigenvalue weighted by Gasteiger charge is 2.06. The Morgan fingerprint density at radius 3 is 2.48 bits per heavy atom. The first-order chi connectivity index (χ1) is 10.2. The third-order valence-electron chi connectivity index (χ3n) is 2.92. The molecule has 0 radical (unpaired) electrons. The van der Waals surface area contributed by atoms with Crippen molar-refractivity contribution in [1.82, 2.24) is 0 Å². The molecule has 108 valence electrons. The van der Waals surface area contributed by atoms with Gasteiger partial charge in [-0.2, -0.15) is 0 Å². The number of carbonyl (C=O) groups excluding carboxylic acids is 2. The van der Waals surface area contributed by atoms with E-state index in [1.165, 1.54) is 0 Å². The molecule has 0 spiro atoms. The maximum Gasteiger partial charge on any atom is 0.330 e. The van der Waals surface area contributed by atoms with Crippen LogP contribution in [0.4, 0.5) is 0 Å². The highest BCUT2D eigenvalue weighted by molar-refractivity contribution is 5.84. The van der Waals surface area contributed by atoms with Crippen LogP contribution in [0.25, 0.3) is 10.8 Å². The van der Waals surface area contributed by atoms with Crippen LogP contribution in [0.15, 0.2) is 55.1 Å². The van der Waals surface area contributed by atoms with Crippen LogP contribution in [-0.4, -0.2) is 25.2 Å². The second-order valence-electron chi connectivity index (χ2n) is 4.45. The maximum absolute atomic E-state index is 11.7. The summed E-state index contributed by atoms with van der Waals surface area (Å²) >= 11 is 0. The number of rotatable bonds is 6. The summed E-state index contributed by atoms with van der Waals surface area (Å²) in [5, 5.41) is 2.22. The van der Waals surface area contributed by atoms with Gasteiger partial charge in [-0.25, -0.2) is 4.79 Å². The molecule has 4 heteroatoms. The van der Waals surface area contributed by atoms with Gasteiger partial charge in [-0.15, -0.1) is 0 Å². The molecule has 0 aliphatic carbocycles. The number of carbonyl (C=O) groups is 2. The number of fused-ring (bicyclic) bond motifs is 1. The van der Waals surface area contributed by atoms with Crippen LogP contribution in [0.5, 0.6) is 0 Å². The van der Waals surface area contributed by atoms with E-state index in [4.69, 9.17) is 9.47 Å². The Morgan fingerprint density at radius 1 is 1.00 bits per heavy atom. The Hall–Kier alpha value is -2.62. The van der Waals surface area contributed by atoms with E-state index in [2.05, 4.69) is 6.58 Å². The van der Waals surface area contributed by atoms with Gasteiger partial charge in [-0.1, -0.05) is 49.0 Å². The minimum atomic E-state index is -0.527. The lowest BCUT2D eigenvalue weighted by Crippen LogP contribution is -2.14. The molecule has 0 fully saturated rings. The number of hydrogen-bond donors (Lipinski definition) is 0. The lowest BCUT2D eigenvalue weighted by Gasteiger charge is -2.06. The summed E-state index contributed by atoms with van der Waals surface area (Å²) in [5.74, 6) is -0.875. The summed E-state index contributed by atoms with van der Waals surface area (Å²) in [4.78, 5) is 22.5. The van der Waals surface area contributed by atoms with E-state index in [0.29, 0.717) is 0 Å². The molecule has 0 heterocycles. The average molecular weight is 284 g/mol. The van der Waals surface area contributed by atoms with Gasteiger partial charge >= 0.3 is 11.9 Å². The van der Waals surface area contributed by atoms with Crippen molar-refractivity contribution in [1.29, 1.82) is 0 Å². The summed E-state index contributed by atoms with van der Waals surface area (Å²) < 4.78 is 9.72. The molecule has 0 saturated heterocycles. The number of hydrogen-bond acceptors (Lipinski definition) is 4. The van der Waals surface area contributed by atoms with Gasteiger partial charge in [0.05, 0.1) is 6.42 Å². The summed E-state index contributed by atoms with van der Waals surface area (Å²) in [6.07, 6.45) is 1.26. The molecule has 2 aromatic carbocycles. The zero-order valence-corrected chi connectivity index (χ0v) is 11.6. The van der Waals surface area contributed by atoms with Crippen molar-refractivity contribution in [2.45, 2.75) is 6.42 Å². The minimum Gasteiger partial charge on any atom is -0.462 e. The second-order valence-corrected chi connectivity index (χ2v) is 4.45. The van der Waals surface area contributed by atoms with E-state index < -0.39 is 5.97 Å². The Labute approximate surface area is 123 Å². The second kappa shape index (κ2) is 7.24. The molecule has 0 aliphatic heterocycles. The van der Waals surface area contributed by atoms with Crippen LogP contribution in [0.1, 0.15) is 5.56 Å². The Kier molecular flexibility index (Phi) is 5.10. The molecule has 0 saturated carbocycles. The van der Waals surface area contributed by atoms with Crippen LogP contribution in [0, 0.1) is 0 Å². The van der Waals surface area contributed by atoms with Crippen molar-refractivity contribution < 1.29 is 19.1 Å². The normalized spacial score (nSPS) is 10.1. The Bertz CT molecular complexity index is 661. The highest BCUT2D eigenvalue weighted by Crippen LogP contribution is 2.16. The fraction of sp³-hybridized carbons (Fsp3) is 0.176. The van der Waals surface area contributed by atoms with Gasteiger partial charge in [0, 0.05) is 6.08 Å². The molecule has 0 aromatic heterocycles. The summed E-state index contributed by atoms with van der Waals surface area (Å²) in [5.41, 5.74) is 0.891. The van der Waals surface area contributed by atoms with Crippen molar-refractivity contribution in [3.8, 4) is 0 Å². The minimum absolute atomic E-state index is 0.0360. The average Bonchev–Trinajstić information content (AvgIpc) is 2.51. The predicted molar refractivity (Wildman–Crippen MR) is 79.8 cm³/mol. The molecule has 2 aromatic rings. The Morgan fingerprint density at radius 2 is 1.71 bits per heavy atom. The lowest BCUT2D eigenvalue weighted by atomic mass is 10.1. The predicted octanol–water partition coefficient (Wildman–Crippen LogP) is 2.65. The van der Waals surface area contributed by atoms with Gasteiger partial charge in [0.15, 0.2) is 0 Å². The van der Waals surface area contributed by atoms with E-state index in [-0.39, 0.29) is 25.6 Å². The molecule has 0 bridgehead atoms. The molecule has 0 atom stereocenters. The van der Waals surface area contributed by atoms with Gasteiger partial charge in [-0.05, 0) is 16.3 Å². The van der Waals surface area contributed by atoms with Crippen LogP contribution < -0.4 is 0 Å². The van der Waals surface area contributed by atoms with Gasteiger partial charge in [-0.3, -0.25) is 4.79 Å². The monoisotopic (exact) mass is 284 g/mol. The molecule has 0 N–H and O–H groups in total. The van der Waals surface area contributed by atoms with Crippen molar-refractivity contribution >= 4 is 22.7 Å². The summed E-state index contributed by atoms with van der Waals surface area (Å²) in [6, 6.07) is 13.8. The standard InChI is InChI=1S/C17H16O4/c1-2-16(18)20-9-10-21-17(19)12-13-7-8-14-5-3-4-6-15(14)11-13/h2-8,11H,1,9-10,12H2. The van der Waals surface area contributed by atoms with Crippen molar-refractivity contribution in [3.05, 3.63) is 60.7 Å². The van der Waals surface area contributed by atoms with Gasteiger partial charge < -0.3 is 9.47 Å². The maximum atomic E-state index is 11.7. The zero-order valence-electron chi connectivity index (χ0n) is 11.6. The molecule has 0 amide bonds. The first-order valence-electron chi connectivity index (χ1n) is 6.61. The number of benzene rings is 2. The van der Waals surface area contributed by atoms with Gasteiger partial charge in [0.1, 0.15) is 13.2 Å². The molecule has 21 heavy (non-hydrogen) atoms. The van der Waals surface area contributed by atoms with Crippen LogP contribution in [0.2, 0.25) is 0 Å². The van der Waals surface area contributed by atoms with E-state index in [9.17, 15) is 9.59 Å². The van der Waals surface area contributed by atoms with Crippen molar-refractivity contribution in [3.63, 3.8) is 0 Å². The molecular weight excluding hydrogens is 268 g/mol. The topological polar surface area (TPSA) is 52.6 Å². The van der Waals surface area contributed by atoms with Gasteiger partial charge in [0.2, 0.25) is 0 Å². The van der Waals surface area contributed by atoms with E-state index >= 15 is 0 Å². The van der Waals surface area contributed by atoms with Crippen molar-refractivity contribution in [2.24, 2.45) is 0 Å². The third-order valence-corrected chi connectivity index (χ3v) is 2.92. The fourth-order valence-electron chi connectivity index (χ4n) is 1.92. The smallest absolute Gasteiger partial charge is 0.330 e. The van der Waals surface area contributed by atoms with Crippen LogP contribution >= 0.6 is 0 Å². The SMILES string of the molecule is C=CC(=O)OCCOC(=O)Cc1ccc2ccccc2c1. The largest absolute Gasteiger partial charge is 0.462 e. The van der Waals surface area contributed by atoms with Crippen molar-refractivity contribution in [2.75, 3.05) is 13.2 Å². The molecule has 0 unspecified atom stereocenters. The zero-order chi connectivity index (χ0) is 15.1. The molecule has 0 aliphatic rings. The molecule has 2 rings (SSSR count). The first kappa shape index (κ1) is 14.8. The van der Waals surface area contributed by atoms with E-state index in [1.807, 2.05) is 42.5 Å². The molecular formula is C17H16O4. The number of ether oxygens (including phenoxy) is 2. The van der Waals surface area contributed by atoms with Crippen LogP contribution in [0.3, 0.4) is 0 Å². The van der Waals surface area contributed by atoms with Crippen LogP contribution in [-0.2, 0) is 25.5 Å². The van der Waals surface area contributed by atoms with E-state index in [0.717, 1.165) is 22.4 Å².